The predicted octanol–water partition coefficient (Wildman–Crippen LogP) is 1.33. The van der Waals surface area contributed by atoms with Gasteiger partial charge in [0, 0.05) is 12.1 Å². The summed E-state index contributed by atoms with van der Waals surface area (Å²) in [5.74, 6) is -0.608. The van der Waals surface area contributed by atoms with Gasteiger partial charge in [0.1, 0.15) is 5.82 Å². The van der Waals surface area contributed by atoms with Crippen LogP contribution in [0.3, 0.4) is 0 Å². The Morgan fingerprint density at radius 2 is 2.07 bits per heavy atom. The number of nitrogen functional groups attached to an aromatic ring is 1. The third kappa shape index (κ3) is 2.98. The molecular formula is C8H10F3N3O. The molecule has 4 nitrogen and oxygen atoms in total. The second-order valence-electron chi connectivity index (χ2n) is 2.89. The maximum absolute atomic E-state index is 12.0. The van der Waals surface area contributed by atoms with Gasteiger partial charge in [0.25, 0.3) is 0 Å². The van der Waals surface area contributed by atoms with E-state index in [-0.39, 0.29) is 17.9 Å². The van der Waals surface area contributed by atoms with Crippen LogP contribution in [0, 0.1) is 6.92 Å². The molecule has 15 heavy (non-hydrogen) atoms. The normalized spacial score (nSPS) is 11.5. The Morgan fingerprint density at radius 1 is 1.47 bits per heavy atom. The van der Waals surface area contributed by atoms with Crippen LogP contribution in [-0.4, -0.2) is 11.3 Å². The number of nitrogens with two attached hydrogens (primary N) is 2. The highest BCUT2D eigenvalue weighted by atomic mass is 19.4. The molecule has 0 saturated carbocycles. The molecule has 0 spiro atoms. The number of nitrogens with zero attached hydrogens (tertiary/aromatic N) is 1. The van der Waals surface area contributed by atoms with E-state index in [1.165, 1.54) is 13.0 Å². The third-order valence-electron chi connectivity index (χ3n) is 1.79. The van der Waals surface area contributed by atoms with E-state index in [1.54, 1.807) is 0 Å². The molecule has 0 amide bonds. The van der Waals surface area contributed by atoms with Gasteiger partial charge in [0.2, 0.25) is 5.88 Å². The van der Waals surface area contributed by atoms with Gasteiger partial charge in [0.15, 0.2) is 0 Å². The maximum atomic E-state index is 12.0. The standard InChI is InChI=1S/C8H10F3N3O/c1-4-5(3-12)2-6(13)14-7(4)15-8(9,10)11/h2H,3,12H2,1H3,(H2,13,14). The molecule has 84 valence electrons. The minimum absolute atomic E-state index is 0.0553. The first-order valence-corrected chi connectivity index (χ1v) is 4.05. The summed E-state index contributed by atoms with van der Waals surface area (Å²) in [6, 6.07) is 1.42. The zero-order valence-corrected chi connectivity index (χ0v) is 7.93. The van der Waals surface area contributed by atoms with Gasteiger partial charge in [-0.15, -0.1) is 13.2 Å². The van der Waals surface area contributed by atoms with Crippen molar-refractivity contribution in [2.24, 2.45) is 5.73 Å². The highest BCUT2D eigenvalue weighted by Crippen LogP contribution is 2.27. The molecule has 0 aromatic carbocycles. The SMILES string of the molecule is Cc1c(CN)cc(N)nc1OC(F)(F)F. The van der Waals surface area contributed by atoms with E-state index in [4.69, 9.17) is 11.5 Å². The van der Waals surface area contributed by atoms with Crippen LogP contribution in [0.5, 0.6) is 5.88 Å². The lowest BCUT2D eigenvalue weighted by Crippen LogP contribution is -2.19. The minimum Gasteiger partial charge on any atom is -0.388 e. The van der Waals surface area contributed by atoms with Crippen LogP contribution in [0.1, 0.15) is 11.1 Å². The van der Waals surface area contributed by atoms with Crippen molar-refractivity contribution in [3.63, 3.8) is 0 Å². The number of hydrogen-bond acceptors (Lipinski definition) is 4. The molecule has 1 rings (SSSR count). The first kappa shape index (κ1) is 11.6. The smallest absolute Gasteiger partial charge is 0.388 e. The van der Waals surface area contributed by atoms with Gasteiger partial charge in [-0.1, -0.05) is 0 Å². The Hall–Kier alpha value is -1.50. The number of ether oxygens (including phenoxy) is 1. The number of anilines is 1. The van der Waals surface area contributed by atoms with Crippen molar-refractivity contribution in [2.75, 3.05) is 5.73 Å². The van der Waals surface area contributed by atoms with Crippen LogP contribution in [0.25, 0.3) is 0 Å². The zero-order chi connectivity index (χ0) is 11.6. The lowest BCUT2D eigenvalue weighted by molar-refractivity contribution is -0.276. The number of alkyl halides is 3. The summed E-state index contributed by atoms with van der Waals surface area (Å²) < 4.78 is 39.6. The van der Waals surface area contributed by atoms with E-state index in [0.29, 0.717) is 5.56 Å². The van der Waals surface area contributed by atoms with Crippen molar-refractivity contribution >= 4 is 5.82 Å². The Balaban J connectivity index is 3.12. The topological polar surface area (TPSA) is 74.2 Å². The molecule has 0 unspecified atom stereocenters. The highest BCUT2D eigenvalue weighted by molar-refractivity contribution is 5.43. The average molecular weight is 221 g/mol. The molecule has 0 fully saturated rings. The van der Waals surface area contributed by atoms with Crippen LogP contribution in [-0.2, 0) is 6.54 Å². The van der Waals surface area contributed by atoms with Gasteiger partial charge in [-0.3, -0.25) is 0 Å². The quantitative estimate of drug-likeness (QED) is 0.790. The molecule has 1 heterocycles. The van der Waals surface area contributed by atoms with Crippen molar-refractivity contribution in [2.45, 2.75) is 19.8 Å². The van der Waals surface area contributed by atoms with E-state index < -0.39 is 12.2 Å². The molecule has 0 aliphatic heterocycles. The molecule has 0 bridgehead atoms. The summed E-state index contributed by atoms with van der Waals surface area (Å²) in [4.78, 5) is 3.45. The number of halogens is 3. The molecule has 0 radical (unpaired) electrons. The van der Waals surface area contributed by atoms with E-state index in [0.717, 1.165) is 0 Å². The van der Waals surface area contributed by atoms with Gasteiger partial charge < -0.3 is 16.2 Å². The number of hydrogen-bond donors (Lipinski definition) is 2. The second kappa shape index (κ2) is 3.93. The number of pyridine rings is 1. The van der Waals surface area contributed by atoms with Crippen molar-refractivity contribution in [3.05, 3.63) is 17.2 Å². The maximum Gasteiger partial charge on any atom is 0.574 e. The molecule has 0 aliphatic rings. The molecule has 4 N–H and O–H groups in total. The summed E-state index contributed by atoms with van der Waals surface area (Å²) >= 11 is 0. The van der Waals surface area contributed by atoms with Gasteiger partial charge in [-0.2, -0.15) is 4.98 Å². The Morgan fingerprint density at radius 3 is 2.53 bits per heavy atom. The molecule has 7 heteroatoms. The van der Waals surface area contributed by atoms with Gasteiger partial charge >= 0.3 is 6.36 Å². The van der Waals surface area contributed by atoms with Crippen molar-refractivity contribution in [1.82, 2.24) is 4.98 Å². The molecule has 0 atom stereocenters. The van der Waals surface area contributed by atoms with Crippen molar-refractivity contribution in [3.8, 4) is 5.88 Å². The second-order valence-corrected chi connectivity index (χ2v) is 2.89. The lowest BCUT2D eigenvalue weighted by Gasteiger charge is -2.13. The fourth-order valence-corrected chi connectivity index (χ4v) is 1.08. The fourth-order valence-electron chi connectivity index (χ4n) is 1.08. The Labute approximate surface area is 84.0 Å². The fraction of sp³-hybridized carbons (Fsp3) is 0.375. The van der Waals surface area contributed by atoms with Crippen LogP contribution in [0.2, 0.25) is 0 Å². The molecule has 0 aliphatic carbocycles. The molecule has 0 saturated heterocycles. The minimum atomic E-state index is -4.78. The van der Waals surface area contributed by atoms with E-state index in [2.05, 4.69) is 9.72 Å². The first-order valence-electron chi connectivity index (χ1n) is 4.05. The van der Waals surface area contributed by atoms with E-state index in [1.807, 2.05) is 0 Å². The largest absolute Gasteiger partial charge is 0.574 e. The third-order valence-corrected chi connectivity index (χ3v) is 1.79. The summed E-state index contributed by atoms with van der Waals surface area (Å²) in [6.45, 7) is 1.52. The van der Waals surface area contributed by atoms with Crippen molar-refractivity contribution in [1.29, 1.82) is 0 Å². The number of rotatable bonds is 2. The van der Waals surface area contributed by atoms with Crippen LogP contribution in [0.4, 0.5) is 19.0 Å². The van der Waals surface area contributed by atoms with Gasteiger partial charge in [0.05, 0.1) is 0 Å². The Bertz CT molecular complexity index is 365. The summed E-state index contributed by atoms with van der Waals surface area (Å²) in [7, 11) is 0. The molecule has 1 aromatic rings. The Kier molecular flexibility index (Phi) is 3.04. The van der Waals surface area contributed by atoms with E-state index in [9.17, 15) is 13.2 Å². The monoisotopic (exact) mass is 221 g/mol. The van der Waals surface area contributed by atoms with E-state index >= 15 is 0 Å². The van der Waals surface area contributed by atoms with Gasteiger partial charge in [-0.05, 0) is 18.6 Å². The lowest BCUT2D eigenvalue weighted by atomic mass is 10.1. The summed E-state index contributed by atoms with van der Waals surface area (Å²) in [5, 5.41) is 0. The molecular weight excluding hydrogens is 211 g/mol. The first-order chi connectivity index (χ1) is 6.83. The predicted molar refractivity (Wildman–Crippen MR) is 48.0 cm³/mol. The van der Waals surface area contributed by atoms with Crippen LogP contribution < -0.4 is 16.2 Å². The summed E-state index contributed by atoms with van der Waals surface area (Å²) in [6.07, 6.45) is -4.78. The molecule has 1 aromatic heterocycles. The average Bonchev–Trinajstić information content (AvgIpc) is 2.08. The highest BCUT2D eigenvalue weighted by Gasteiger charge is 2.32. The van der Waals surface area contributed by atoms with Crippen molar-refractivity contribution < 1.29 is 17.9 Å². The summed E-state index contributed by atoms with van der Waals surface area (Å²) in [5.41, 5.74) is 11.4. The number of aromatic nitrogens is 1. The van der Waals surface area contributed by atoms with Gasteiger partial charge in [-0.25, -0.2) is 0 Å². The zero-order valence-electron chi connectivity index (χ0n) is 7.93. The van der Waals surface area contributed by atoms with Crippen LogP contribution in [0.15, 0.2) is 6.07 Å². The van der Waals surface area contributed by atoms with Crippen LogP contribution >= 0.6 is 0 Å².